The van der Waals surface area contributed by atoms with Gasteiger partial charge < -0.3 is 9.47 Å². The van der Waals surface area contributed by atoms with Crippen LogP contribution in [0.15, 0.2) is 47.4 Å². The Hall–Kier alpha value is -2.02. The summed E-state index contributed by atoms with van der Waals surface area (Å²) in [6.07, 6.45) is 1.79. The Labute approximate surface area is 160 Å². The molecule has 7 heteroatoms. The van der Waals surface area contributed by atoms with Crippen LogP contribution in [0.3, 0.4) is 0 Å². The van der Waals surface area contributed by atoms with E-state index in [0.29, 0.717) is 31.4 Å². The quantitative estimate of drug-likeness (QED) is 0.554. The Morgan fingerprint density at radius 2 is 1.76 bits per heavy atom. The van der Waals surface area contributed by atoms with E-state index in [9.17, 15) is 4.79 Å². The molecule has 25 heavy (non-hydrogen) atoms. The Morgan fingerprint density at radius 1 is 1.08 bits per heavy atom. The van der Waals surface area contributed by atoms with Crippen LogP contribution in [-0.4, -0.2) is 24.4 Å². The van der Waals surface area contributed by atoms with Crippen molar-refractivity contribution >= 4 is 57.6 Å². The van der Waals surface area contributed by atoms with Gasteiger partial charge in [0.05, 0.1) is 24.8 Å². The summed E-state index contributed by atoms with van der Waals surface area (Å²) in [6.45, 7) is 0. The highest BCUT2D eigenvalue weighted by molar-refractivity contribution is 8.27. The molecule has 2 aromatic carbocycles. The van der Waals surface area contributed by atoms with Crippen LogP contribution in [-0.2, 0) is 4.79 Å². The van der Waals surface area contributed by atoms with Crippen molar-refractivity contribution < 1.29 is 14.3 Å². The third-order valence-corrected chi connectivity index (χ3v) is 5.14. The fourth-order valence-corrected chi connectivity index (χ4v) is 3.80. The maximum absolute atomic E-state index is 12.7. The van der Waals surface area contributed by atoms with E-state index in [1.54, 1.807) is 50.6 Å². The first-order chi connectivity index (χ1) is 12.0. The second-order valence-electron chi connectivity index (χ2n) is 5.11. The molecule has 0 saturated carbocycles. The average molecular weight is 392 g/mol. The number of anilines is 1. The van der Waals surface area contributed by atoms with Crippen LogP contribution in [0, 0.1) is 0 Å². The predicted octanol–water partition coefficient (Wildman–Crippen LogP) is 4.76. The van der Waals surface area contributed by atoms with Crippen LogP contribution in [0.4, 0.5) is 5.69 Å². The minimum Gasteiger partial charge on any atom is -0.493 e. The highest BCUT2D eigenvalue weighted by Crippen LogP contribution is 2.37. The Kier molecular flexibility index (Phi) is 5.32. The average Bonchev–Trinajstić information content (AvgIpc) is 2.89. The lowest BCUT2D eigenvalue weighted by Crippen LogP contribution is -2.27. The maximum Gasteiger partial charge on any atom is 0.270 e. The molecule has 1 amide bonds. The lowest BCUT2D eigenvalue weighted by Gasteiger charge is -2.14. The van der Waals surface area contributed by atoms with Gasteiger partial charge >= 0.3 is 0 Å². The topological polar surface area (TPSA) is 38.8 Å². The molecule has 0 N–H and O–H groups in total. The molecule has 1 aliphatic rings. The summed E-state index contributed by atoms with van der Waals surface area (Å²) in [5.74, 6) is 1.07. The van der Waals surface area contributed by atoms with Crippen LogP contribution >= 0.6 is 35.6 Å². The number of halogens is 1. The van der Waals surface area contributed by atoms with Crippen molar-refractivity contribution in [2.75, 3.05) is 19.1 Å². The molecule has 4 nitrogen and oxygen atoms in total. The largest absolute Gasteiger partial charge is 0.493 e. The molecule has 1 heterocycles. The van der Waals surface area contributed by atoms with Crippen LogP contribution in [0.25, 0.3) is 6.08 Å². The number of carbonyl (C=O) groups excluding carboxylic acids is 1. The summed E-state index contributed by atoms with van der Waals surface area (Å²) in [4.78, 5) is 14.8. The van der Waals surface area contributed by atoms with Crippen molar-refractivity contribution in [3.63, 3.8) is 0 Å². The van der Waals surface area contributed by atoms with E-state index in [2.05, 4.69) is 0 Å². The lowest BCUT2D eigenvalue weighted by atomic mass is 10.2. The van der Waals surface area contributed by atoms with E-state index in [1.165, 1.54) is 16.7 Å². The number of carbonyl (C=O) groups is 1. The standard InChI is InChI=1S/C18H14ClNO3S2/c1-22-14-8-3-11(9-15(14)23-2)10-16-17(21)20(18(24)25-16)13-6-4-12(19)5-7-13/h3-10H,1-2H3/b16-10+. The van der Waals surface area contributed by atoms with Crippen LogP contribution < -0.4 is 14.4 Å². The van der Waals surface area contributed by atoms with Gasteiger partial charge in [-0.3, -0.25) is 9.69 Å². The van der Waals surface area contributed by atoms with Gasteiger partial charge in [-0.15, -0.1) is 0 Å². The molecule has 3 rings (SSSR count). The van der Waals surface area contributed by atoms with Gasteiger partial charge in [0.2, 0.25) is 0 Å². The minimum atomic E-state index is -0.160. The van der Waals surface area contributed by atoms with Crippen molar-refractivity contribution in [3.05, 3.63) is 58.0 Å². The van der Waals surface area contributed by atoms with Crippen molar-refractivity contribution in [1.82, 2.24) is 0 Å². The zero-order chi connectivity index (χ0) is 18.0. The number of hydrogen-bond donors (Lipinski definition) is 0. The SMILES string of the molecule is COc1ccc(/C=C2/SC(=S)N(c3ccc(Cl)cc3)C2=O)cc1OC. The zero-order valence-corrected chi connectivity index (χ0v) is 15.9. The molecule has 0 radical (unpaired) electrons. The van der Waals surface area contributed by atoms with Gasteiger partial charge in [0.15, 0.2) is 15.8 Å². The van der Waals surface area contributed by atoms with Gasteiger partial charge in [0, 0.05) is 5.02 Å². The molecule has 1 aliphatic heterocycles. The Morgan fingerprint density at radius 3 is 2.40 bits per heavy atom. The van der Waals surface area contributed by atoms with Crippen molar-refractivity contribution in [3.8, 4) is 11.5 Å². The van der Waals surface area contributed by atoms with E-state index in [-0.39, 0.29) is 5.91 Å². The number of benzene rings is 2. The summed E-state index contributed by atoms with van der Waals surface area (Å²) in [7, 11) is 3.15. The molecule has 128 valence electrons. The van der Waals surface area contributed by atoms with Crippen LogP contribution in [0.1, 0.15) is 5.56 Å². The van der Waals surface area contributed by atoms with Crippen LogP contribution in [0.2, 0.25) is 5.02 Å². The normalized spacial score (nSPS) is 15.8. The van der Waals surface area contributed by atoms with Gasteiger partial charge in [-0.2, -0.15) is 0 Å². The van der Waals surface area contributed by atoms with E-state index >= 15 is 0 Å². The second-order valence-corrected chi connectivity index (χ2v) is 7.22. The first-order valence-electron chi connectivity index (χ1n) is 7.29. The monoisotopic (exact) mass is 391 g/mol. The van der Waals surface area contributed by atoms with E-state index in [4.69, 9.17) is 33.3 Å². The van der Waals surface area contributed by atoms with E-state index in [0.717, 1.165) is 5.56 Å². The summed E-state index contributed by atoms with van der Waals surface area (Å²) >= 11 is 12.5. The summed E-state index contributed by atoms with van der Waals surface area (Å²) in [6, 6.07) is 12.5. The minimum absolute atomic E-state index is 0.160. The third kappa shape index (κ3) is 3.66. The number of ether oxygens (including phenoxy) is 2. The van der Waals surface area contributed by atoms with Gasteiger partial charge in [0.1, 0.15) is 0 Å². The summed E-state index contributed by atoms with van der Waals surface area (Å²) < 4.78 is 11.0. The molecule has 1 saturated heterocycles. The van der Waals surface area contributed by atoms with Crippen molar-refractivity contribution in [2.45, 2.75) is 0 Å². The molecule has 0 unspecified atom stereocenters. The third-order valence-electron chi connectivity index (χ3n) is 3.58. The van der Waals surface area contributed by atoms with Gasteiger partial charge in [-0.1, -0.05) is 41.6 Å². The van der Waals surface area contributed by atoms with Gasteiger partial charge in [0.25, 0.3) is 5.91 Å². The van der Waals surface area contributed by atoms with Crippen LogP contribution in [0.5, 0.6) is 11.5 Å². The second kappa shape index (κ2) is 7.47. The Bertz CT molecular complexity index is 865. The number of thiocarbonyl (C=S) groups is 1. The first kappa shape index (κ1) is 17.8. The van der Waals surface area contributed by atoms with Crippen molar-refractivity contribution in [1.29, 1.82) is 0 Å². The molecular formula is C18H14ClNO3S2. The van der Waals surface area contributed by atoms with E-state index < -0.39 is 0 Å². The number of rotatable bonds is 4. The number of thioether (sulfide) groups is 1. The summed E-state index contributed by atoms with van der Waals surface area (Å²) in [5.41, 5.74) is 1.52. The molecule has 0 bridgehead atoms. The Balaban J connectivity index is 1.91. The number of methoxy groups -OCH3 is 2. The highest BCUT2D eigenvalue weighted by atomic mass is 35.5. The van der Waals surface area contributed by atoms with Gasteiger partial charge in [-0.25, -0.2) is 0 Å². The highest BCUT2D eigenvalue weighted by Gasteiger charge is 2.33. The number of amides is 1. The molecule has 2 aromatic rings. The molecule has 0 aromatic heterocycles. The summed E-state index contributed by atoms with van der Waals surface area (Å²) in [5, 5.41) is 0.607. The van der Waals surface area contributed by atoms with E-state index in [1.807, 2.05) is 12.1 Å². The fraction of sp³-hybridized carbons (Fsp3) is 0.111. The predicted molar refractivity (Wildman–Crippen MR) is 107 cm³/mol. The molecule has 0 atom stereocenters. The zero-order valence-electron chi connectivity index (χ0n) is 13.5. The molecule has 0 spiro atoms. The number of hydrogen-bond acceptors (Lipinski definition) is 5. The molecule has 1 fully saturated rings. The molecule has 0 aliphatic carbocycles. The number of nitrogens with zero attached hydrogens (tertiary/aromatic N) is 1. The smallest absolute Gasteiger partial charge is 0.270 e. The van der Waals surface area contributed by atoms with Crippen molar-refractivity contribution in [2.24, 2.45) is 0 Å². The first-order valence-corrected chi connectivity index (χ1v) is 8.89. The lowest BCUT2D eigenvalue weighted by molar-refractivity contribution is -0.113. The fourth-order valence-electron chi connectivity index (χ4n) is 2.37. The van der Waals surface area contributed by atoms with Gasteiger partial charge in [-0.05, 0) is 48.0 Å². The molecular weight excluding hydrogens is 378 g/mol. The maximum atomic E-state index is 12.7.